The number of rotatable bonds is 3. The van der Waals surface area contributed by atoms with Gasteiger partial charge in [-0.1, -0.05) is 22.9 Å². The highest BCUT2D eigenvalue weighted by Gasteiger charge is 2.17. The average molecular weight is 327 g/mol. The van der Waals surface area contributed by atoms with E-state index in [1.807, 2.05) is 6.92 Å². The third-order valence-electron chi connectivity index (χ3n) is 2.63. The second kappa shape index (κ2) is 5.40. The van der Waals surface area contributed by atoms with Gasteiger partial charge in [-0.25, -0.2) is 4.39 Å². The minimum absolute atomic E-state index is 0.0659. The van der Waals surface area contributed by atoms with Gasteiger partial charge in [-0.3, -0.25) is 9.89 Å². The second-order valence-electron chi connectivity index (χ2n) is 3.90. The lowest BCUT2D eigenvalue weighted by Crippen LogP contribution is -2.15. The fourth-order valence-electron chi connectivity index (χ4n) is 1.60. The summed E-state index contributed by atoms with van der Waals surface area (Å²) in [4.78, 5) is 12.0. The van der Waals surface area contributed by atoms with Crippen LogP contribution in [-0.4, -0.2) is 16.1 Å². The highest BCUT2D eigenvalue weighted by Crippen LogP contribution is 2.22. The van der Waals surface area contributed by atoms with Gasteiger partial charge in [-0.05, 0) is 24.6 Å². The number of anilines is 2. The number of carbonyl (C=O) groups is 1. The van der Waals surface area contributed by atoms with Crippen molar-refractivity contribution in [1.82, 2.24) is 10.2 Å². The quantitative estimate of drug-likeness (QED) is 0.810. The van der Waals surface area contributed by atoms with Crippen LogP contribution in [0.4, 0.5) is 15.8 Å². The Kier molecular flexibility index (Phi) is 3.84. The lowest BCUT2D eigenvalue weighted by Gasteiger charge is -2.05. The zero-order valence-corrected chi connectivity index (χ0v) is 11.7. The zero-order chi connectivity index (χ0) is 14.0. The molecule has 0 unspecified atom stereocenters. The van der Waals surface area contributed by atoms with E-state index < -0.39 is 11.7 Å². The van der Waals surface area contributed by atoms with Crippen LogP contribution in [0, 0.1) is 5.82 Å². The van der Waals surface area contributed by atoms with Gasteiger partial charge in [0.05, 0.1) is 17.1 Å². The van der Waals surface area contributed by atoms with Crippen LogP contribution in [0.1, 0.15) is 23.1 Å². The molecule has 7 heteroatoms. The smallest absolute Gasteiger partial charge is 0.278 e. The van der Waals surface area contributed by atoms with Crippen LogP contribution in [0.5, 0.6) is 0 Å². The number of nitrogens with two attached hydrogens (primary N) is 1. The molecule has 1 aromatic carbocycles. The molecule has 0 radical (unpaired) electrons. The van der Waals surface area contributed by atoms with Gasteiger partial charge in [0.15, 0.2) is 5.69 Å². The van der Waals surface area contributed by atoms with Crippen LogP contribution in [0.25, 0.3) is 0 Å². The van der Waals surface area contributed by atoms with Crippen LogP contribution < -0.4 is 11.1 Å². The van der Waals surface area contributed by atoms with Gasteiger partial charge in [0.2, 0.25) is 0 Å². The van der Waals surface area contributed by atoms with Crippen molar-refractivity contribution in [3.05, 3.63) is 39.9 Å². The van der Waals surface area contributed by atoms with E-state index in [-0.39, 0.29) is 17.1 Å². The number of aromatic amines is 1. The molecule has 2 rings (SSSR count). The molecule has 0 atom stereocenters. The molecule has 19 heavy (non-hydrogen) atoms. The van der Waals surface area contributed by atoms with Crippen molar-refractivity contribution in [2.75, 3.05) is 11.1 Å². The van der Waals surface area contributed by atoms with E-state index in [1.165, 1.54) is 12.1 Å². The van der Waals surface area contributed by atoms with Crippen LogP contribution >= 0.6 is 15.9 Å². The SMILES string of the molecule is CCc1[nH]nc(C(=O)Nc2cc(Br)ccc2F)c1N. The van der Waals surface area contributed by atoms with E-state index >= 15 is 0 Å². The summed E-state index contributed by atoms with van der Waals surface area (Å²) in [7, 11) is 0. The Balaban J connectivity index is 2.25. The molecule has 4 N–H and O–H groups in total. The third-order valence-corrected chi connectivity index (χ3v) is 3.12. The first-order chi connectivity index (χ1) is 9.02. The highest BCUT2D eigenvalue weighted by molar-refractivity contribution is 9.10. The highest BCUT2D eigenvalue weighted by atomic mass is 79.9. The fraction of sp³-hybridized carbons (Fsp3) is 0.167. The molecule has 0 saturated carbocycles. The maximum atomic E-state index is 13.5. The monoisotopic (exact) mass is 326 g/mol. The lowest BCUT2D eigenvalue weighted by atomic mass is 10.2. The molecule has 0 aliphatic heterocycles. The molecule has 5 nitrogen and oxygen atoms in total. The summed E-state index contributed by atoms with van der Waals surface area (Å²) >= 11 is 3.21. The van der Waals surface area contributed by atoms with Crippen molar-refractivity contribution in [1.29, 1.82) is 0 Å². The van der Waals surface area contributed by atoms with E-state index in [0.717, 1.165) is 0 Å². The lowest BCUT2D eigenvalue weighted by molar-refractivity contribution is 0.102. The molecule has 0 spiro atoms. The van der Waals surface area contributed by atoms with E-state index in [9.17, 15) is 9.18 Å². The van der Waals surface area contributed by atoms with Gasteiger partial charge >= 0.3 is 0 Å². The standard InChI is InChI=1S/C12H12BrFN4O/c1-2-8-10(15)11(18-17-8)12(19)16-9-5-6(13)3-4-7(9)14/h3-5H,2,15H2,1H3,(H,16,19)(H,17,18). The van der Waals surface area contributed by atoms with Gasteiger partial charge in [0.25, 0.3) is 5.91 Å². The minimum atomic E-state index is -0.551. The number of nitrogens with zero attached hydrogens (tertiary/aromatic N) is 1. The zero-order valence-electron chi connectivity index (χ0n) is 10.1. The Morgan fingerprint density at radius 3 is 2.95 bits per heavy atom. The van der Waals surface area contributed by atoms with Gasteiger partial charge in [0, 0.05) is 4.47 Å². The van der Waals surface area contributed by atoms with Crippen molar-refractivity contribution >= 4 is 33.2 Å². The largest absolute Gasteiger partial charge is 0.395 e. The molecule has 0 bridgehead atoms. The maximum absolute atomic E-state index is 13.5. The Hall–Kier alpha value is -1.89. The number of hydrogen-bond acceptors (Lipinski definition) is 3. The van der Waals surface area contributed by atoms with Crippen LogP contribution in [0.2, 0.25) is 0 Å². The van der Waals surface area contributed by atoms with Gasteiger partial charge in [-0.15, -0.1) is 0 Å². The average Bonchev–Trinajstić information content (AvgIpc) is 2.75. The molecule has 0 fully saturated rings. The number of H-pyrrole nitrogens is 1. The summed E-state index contributed by atoms with van der Waals surface area (Å²) in [6.07, 6.45) is 0.636. The first kappa shape index (κ1) is 13.5. The predicted molar refractivity (Wildman–Crippen MR) is 74.4 cm³/mol. The predicted octanol–water partition coefficient (Wildman–Crippen LogP) is 2.71. The third kappa shape index (κ3) is 2.76. The number of nitrogen functional groups attached to an aromatic ring is 1. The first-order valence-corrected chi connectivity index (χ1v) is 6.41. The van der Waals surface area contributed by atoms with Crippen molar-refractivity contribution in [2.24, 2.45) is 0 Å². The Labute approximate surface area is 117 Å². The molecule has 0 aliphatic rings. The summed E-state index contributed by atoms with van der Waals surface area (Å²) in [5.41, 5.74) is 6.88. The molecule has 0 saturated heterocycles. The number of aryl methyl sites for hydroxylation is 1. The Morgan fingerprint density at radius 1 is 1.58 bits per heavy atom. The summed E-state index contributed by atoms with van der Waals surface area (Å²) in [5, 5.41) is 8.96. The van der Waals surface area contributed by atoms with Crippen molar-refractivity contribution in [2.45, 2.75) is 13.3 Å². The number of aromatic nitrogens is 2. The molecule has 2 aromatic rings. The number of halogens is 2. The van der Waals surface area contributed by atoms with E-state index in [2.05, 4.69) is 31.4 Å². The summed E-state index contributed by atoms with van der Waals surface area (Å²) in [6.45, 7) is 1.89. The van der Waals surface area contributed by atoms with E-state index in [4.69, 9.17) is 5.73 Å². The molecule has 1 amide bonds. The van der Waals surface area contributed by atoms with Crippen LogP contribution in [0.15, 0.2) is 22.7 Å². The topological polar surface area (TPSA) is 83.8 Å². The normalized spacial score (nSPS) is 10.5. The first-order valence-electron chi connectivity index (χ1n) is 5.62. The molecular weight excluding hydrogens is 315 g/mol. The minimum Gasteiger partial charge on any atom is -0.395 e. The van der Waals surface area contributed by atoms with Gasteiger partial charge in [-0.2, -0.15) is 5.10 Å². The number of benzene rings is 1. The molecular formula is C12H12BrFN4O. The van der Waals surface area contributed by atoms with E-state index in [0.29, 0.717) is 16.6 Å². The number of nitrogens with one attached hydrogen (secondary N) is 2. The molecule has 100 valence electrons. The number of amides is 1. The maximum Gasteiger partial charge on any atom is 0.278 e. The molecule has 0 aliphatic carbocycles. The van der Waals surface area contributed by atoms with Gasteiger partial charge < -0.3 is 11.1 Å². The van der Waals surface area contributed by atoms with Crippen LogP contribution in [0.3, 0.4) is 0 Å². The summed E-state index contributed by atoms with van der Waals surface area (Å²) in [5.74, 6) is -1.08. The van der Waals surface area contributed by atoms with Gasteiger partial charge in [0.1, 0.15) is 5.82 Å². The molecule has 1 aromatic heterocycles. The van der Waals surface area contributed by atoms with E-state index in [1.54, 1.807) is 6.07 Å². The number of carbonyl (C=O) groups excluding carboxylic acids is 1. The van der Waals surface area contributed by atoms with Crippen LogP contribution in [-0.2, 0) is 6.42 Å². The fourth-order valence-corrected chi connectivity index (χ4v) is 1.97. The van der Waals surface area contributed by atoms with Crippen molar-refractivity contribution in [3.8, 4) is 0 Å². The summed E-state index contributed by atoms with van der Waals surface area (Å²) in [6, 6.07) is 4.27. The number of hydrogen-bond donors (Lipinski definition) is 3. The Bertz CT molecular complexity index is 626. The van der Waals surface area contributed by atoms with Crippen molar-refractivity contribution in [3.63, 3.8) is 0 Å². The van der Waals surface area contributed by atoms with Crippen molar-refractivity contribution < 1.29 is 9.18 Å². The summed E-state index contributed by atoms with van der Waals surface area (Å²) < 4.78 is 14.2. The Morgan fingerprint density at radius 2 is 2.32 bits per heavy atom. The second-order valence-corrected chi connectivity index (χ2v) is 4.81. The molecule has 1 heterocycles.